The van der Waals surface area contributed by atoms with Crippen LogP contribution in [0, 0.1) is 0 Å². The molecule has 3 aromatic carbocycles. The molecule has 0 radical (unpaired) electrons. The van der Waals surface area contributed by atoms with Crippen LogP contribution >= 0.6 is 15.9 Å². The average Bonchev–Trinajstić information content (AvgIpc) is 2.84. The fraction of sp³-hybridized carbons (Fsp3) is 0.400. The quantitative estimate of drug-likeness (QED) is 0.170. The van der Waals surface area contributed by atoms with Gasteiger partial charge in [0.2, 0.25) is 0 Å². The molecule has 31 heavy (non-hydrogen) atoms. The van der Waals surface area contributed by atoms with Crippen LogP contribution in [-0.4, -0.2) is 0 Å². The molecule has 1 heteroatoms. The molecule has 0 spiro atoms. The maximum atomic E-state index is 4.32. The molecule has 0 nitrogen and oxygen atoms in total. The van der Waals surface area contributed by atoms with E-state index in [0.717, 1.165) is 0 Å². The molecule has 0 saturated carbocycles. The normalized spacial score (nSPS) is 12.6. The van der Waals surface area contributed by atoms with Gasteiger partial charge in [0.25, 0.3) is 0 Å². The van der Waals surface area contributed by atoms with E-state index in [1.165, 1.54) is 74.5 Å². The Morgan fingerprint density at radius 3 is 1.48 bits per heavy atom. The zero-order valence-electron chi connectivity index (χ0n) is 19.0. The van der Waals surface area contributed by atoms with Crippen LogP contribution in [0.15, 0.2) is 91.0 Å². The van der Waals surface area contributed by atoms with E-state index in [9.17, 15) is 0 Å². The average molecular weight is 478 g/mol. The van der Waals surface area contributed by atoms with E-state index < -0.39 is 0 Å². The van der Waals surface area contributed by atoms with Crippen molar-refractivity contribution < 1.29 is 0 Å². The lowest BCUT2D eigenvalue weighted by atomic mass is 9.74. The number of hydrogen-bond acceptors (Lipinski definition) is 0. The van der Waals surface area contributed by atoms with Gasteiger partial charge in [0.05, 0.1) is 4.32 Å². The summed E-state index contributed by atoms with van der Waals surface area (Å²) in [5.74, 6) is 0.374. The van der Waals surface area contributed by atoms with Gasteiger partial charge in [-0.15, -0.1) is 0 Å². The van der Waals surface area contributed by atoms with Gasteiger partial charge in [-0.2, -0.15) is 0 Å². The van der Waals surface area contributed by atoms with E-state index in [-0.39, 0.29) is 4.32 Å². The molecule has 3 aromatic rings. The Kier molecular flexibility index (Phi) is 9.87. The zero-order valence-corrected chi connectivity index (χ0v) is 20.6. The fourth-order valence-corrected chi connectivity index (χ4v) is 5.72. The first-order valence-electron chi connectivity index (χ1n) is 12.1. The van der Waals surface area contributed by atoms with E-state index in [4.69, 9.17) is 0 Å². The molecule has 0 aliphatic carbocycles. The zero-order chi connectivity index (χ0) is 21.8. The SMILES string of the molecule is CCCCCCCCCCC(c1ccccc1)C(Br)(c1ccccc1)c1ccccc1. The molecule has 0 heterocycles. The van der Waals surface area contributed by atoms with Crippen LogP contribution in [0.1, 0.15) is 87.3 Å². The topological polar surface area (TPSA) is 0 Å². The van der Waals surface area contributed by atoms with Crippen molar-refractivity contribution in [2.24, 2.45) is 0 Å². The van der Waals surface area contributed by atoms with Gasteiger partial charge in [-0.05, 0) is 23.1 Å². The van der Waals surface area contributed by atoms with Crippen molar-refractivity contribution >= 4 is 15.9 Å². The Hall–Kier alpha value is -1.86. The second-order valence-electron chi connectivity index (χ2n) is 8.67. The molecule has 0 bridgehead atoms. The Balaban J connectivity index is 1.82. The highest BCUT2D eigenvalue weighted by molar-refractivity contribution is 9.09. The predicted molar refractivity (Wildman–Crippen MR) is 139 cm³/mol. The summed E-state index contributed by atoms with van der Waals surface area (Å²) in [6.45, 7) is 2.29. The van der Waals surface area contributed by atoms with E-state index in [2.05, 4.69) is 114 Å². The fourth-order valence-electron chi connectivity index (χ4n) is 4.69. The van der Waals surface area contributed by atoms with Crippen LogP contribution in [0.3, 0.4) is 0 Å². The third kappa shape index (κ3) is 6.56. The highest BCUT2D eigenvalue weighted by atomic mass is 79.9. The Morgan fingerprint density at radius 1 is 0.581 bits per heavy atom. The molecule has 0 aliphatic rings. The lowest BCUT2D eigenvalue weighted by Crippen LogP contribution is -2.29. The first kappa shape index (κ1) is 23.8. The van der Waals surface area contributed by atoms with Gasteiger partial charge in [-0.25, -0.2) is 0 Å². The molecule has 0 fully saturated rings. The lowest BCUT2D eigenvalue weighted by molar-refractivity contribution is 0.484. The van der Waals surface area contributed by atoms with Gasteiger partial charge in [-0.3, -0.25) is 0 Å². The maximum absolute atomic E-state index is 4.32. The minimum Gasteiger partial charge on any atom is -0.0742 e. The molecule has 0 aliphatic heterocycles. The van der Waals surface area contributed by atoms with E-state index >= 15 is 0 Å². The number of benzene rings is 3. The van der Waals surface area contributed by atoms with E-state index in [1.54, 1.807) is 0 Å². The van der Waals surface area contributed by atoms with Crippen molar-refractivity contribution in [2.45, 2.75) is 75.0 Å². The summed E-state index contributed by atoms with van der Waals surface area (Å²) >= 11 is 4.32. The monoisotopic (exact) mass is 476 g/mol. The molecule has 0 aromatic heterocycles. The van der Waals surface area contributed by atoms with Gasteiger partial charge >= 0.3 is 0 Å². The minimum atomic E-state index is -0.238. The first-order valence-corrected chi connectivity index (χ1v) is 12.9. The van der Waals surface area contributed by atoms with Crippen molar-refractivity contribution in [3.05, 3.63) is 108 Å². The van der Waals surface area contributed by atoms with Crippen LogP contribution in [0.4, 0.5) is 0 Å². The van der Waals surface area contributed by atoms with Gasteiger partial charge < -0.3 is 0 Å². The molecule has 1 atom stereocenters. The van der Waals surface area contributed by atoms with Gasteiger partial charge in [0.15, 0.2) is 0 Å². The summed E-state index contributed by atoms with van der Waals surface area (Å²) in [6.07, 6.45) is 12.0. The van der Waals surface area contributed by atoms with Crippen molar-refractivity contribution in [1.82, 2.24) is 0 Å². The molecule has 164 valence electrons. The summed E-state index contributed by atoms with van der Waals surface area (Å²) in [7, 11) is 0. The number of alkyl halides is 1. The summed E-state index contributed by atoms with van der Waals surface area (Å²) < 4.78 is -0.238. The van der Waals surface area contributed by atoms with Crippen LogP contribution in [0.25, 0.3) is 0 Å². The van der Waals surface area contributed by atoms with Crippen LogP contribution in [0.5, 0.6) is 0 Å². The smallest absolute Gasteiger partial charge is 0.0742 e. The minimum absolute atomic E-state index is 0.238. The molecule has 0 saturated heterocycles. The second kappa shape index (κ2) is 12.9. The lowest BCUT2D eigenvalue weighted by Gasteiger charge is -2.38. The summed E-state index contributed by atoms with van der Waals surface area (Å²) in [5, 5.41) is 0. The van der Waals surface area contributed by atoms with Crippen molar-refractivity contribution in [3.63, 3.8) is 0 Å². The maximum Gasteiger partial charge on any atom is 0.0822 e. The predicted octanol–water partition coefficient (Wildman–Crippen LogP) is 9.64. The number of rotatable bonds is 13. The molecule has 1 unspecified atom stereocenters. The molecule has 0 amide bonds. The molecular weight excluding hydrogens is 440 g/mol. The van der Waals surface area contributed by atoms with Crippen molar-refractivity contribution in [3.8, 4) is 0 Å². The largest absolute Gasteiger partial charge is 0.0822 e. The van der Waals surface area contributed by atoms with Crippen LogP contribution in [0.2, 0.25) is 0 Å². The van der Waals surface area contributed by atoms with Gasteiger partial charge in [-0.1, -0.05) is 165 Å². The Bertz CT molecular complexity index is 802. The Morgan fingerprint density at radius 2 is 1.00 bits per heavy atom. The summed E-state index contributed by atoms with van der Waals surface area (Å²) in [6, 6.07) is 33.0. The van der Waals surface area contributed by atoms with Crippen molar-refractivity contribution in [1.29, 1.82) is 0 Å². The Labute approximate surface area is 198 Å². The third-order valence-electron chi connectivity index (χ3n) is 6.42. The summed E-state index contributed by atoms with van der Waals surface area (Å²) in [5.41, 5.74) is 4.07. The van der Waals surface area contributed by atoms with Gasteiger partial charge in [0, 0.05) is 5.92 Å². The van der Waals surface area contributed by atoms with Crippen LogP contribution in [-0.2, 0) is 4.32 Å². The standard InChI is InChI=1S/C30H37Br/c1-2-3-4-5-6-7-8-18-25-29(26-19-12-9-13-20-26)30(31,27-21-14-10-15-22-27)28-23-16-11-17-24-28/h9-17,19-24,29H,2-8,18,25H2,1H3. The van der Waals surface area contributed by atoms with Gasteiger partial charge in [0.1, 0.15) is 0 Å². The number of hydrogen-bond donors (Lipinski definition) is 0. The number of halogens is 1. The first-order chi connectivity index (χ1) is 15.3. The molecular formula is C30H37Br. The third-order valence-corrected chi connectivity index (χ3v) is 7.88. The van der Waals surface area contributed by atoms with E-state index in [1.807, 2.05) is 0 Å². The number of unbranched alkanes of at least 4 members (excludes halogenated alkanes) is 7. The second-order valence-corrected chi connectivity index (χ2v) is 9.92. The van der Waals surface area contributed by atoms with E-state index in [0.29, 0.717) is 5.92 Å². The molecule has 0 N–H and O–H groups in total. The van der Waals surface area contributed by atoms with Crippen LogP contribution < -0.4 is 0 Å². The van der Waals surface area contributed by atoms with Crippen molar-refractivity contribution in [2.75, 3.05) is 0 Å². The molecule has 3 rings (SSSR count). The summed E-state index contributed by atoms with van der Waals surface area (Å²) in [4.78, 5) is 0. The highest BCUT2D eigenvalue weighted by Gasteiger charge is 2.40. The highest BCUT2D eigenvalue weighted by Crippen LogP contribution is 2.51.